The highest BCUT2D eigenvalue weighted by atomic mass is 35.5. The molecule has 1 N–H and O–H groups in total. The lowest BCUT2D eigenvalue weighted by atomic mass is 9.98. The second-order valence-electron chi connectivity index (χ2n) is 7.97. The number of sulfonamides is 1. The maximum absolute atomic E-state index is 13.7. The molecule has 174 valence electrons. The maximum Gasteiger partial charge on any atom is 0.303 e. The molecule has 0 saturated carbocycles. The molecule has 0 radical (unpaired) electrons. The van der Waals surface area contributed by atoms with Gasteiger partial charge in [-0.05, 0) is 79.3 Å². The molecule has 1 aromatic heterocycles. The Morgan fingerprint density at radius 1 is 1.15 bits per heavy atom. The Morgan fingerprint density at radius 3 is 2.58 bits per heavy atom. The minimum atomic E-state index is -3.94. The lowest BCUT2D eigenvalue weighted by Crippen LogP contribution is -2.35. The third kappa shape index (κ3) is 5.61. The summed E-state index contributed by atoms with van der Waals surface area (Å²) in [6, 6.07) is 13.9. The van der Waals surface area contributed by atoms with E-state index in [4.69, 9.17) is 16.7 Å². The summed E-state index contributed by atoms with van der Waals surface area (Å²) in [5, 5.41) is 9.45. The Kier molecular flexibility index (Phi) is 7.89. The van der Waals surface area contributed by atoms with E-state index in [0.29, 0.717) is 10.6 Å². The third-order valence-corrected chi connectivity index (χ3v) is 8.23. The number of hydrogen-bond donors (Lipinski definition) is 1. The first-order chi connectivity index (χ1) is 15.6. The lowest BCUT2D eigenvalue weighted by molar-refractivity contribution is -0.137. The van der Waals surface area contributed by atoms with E-state index in [0.717, 1.165) is 22.3 Å². The van der Waals surface area contributed by atoms with Crippen LogP contribution in [0, 0.1) is 13.8 Å². The number of aliphatic carboxylic acids is 1. The number of aromatic nitrogens is 1. The van der Waals surface area contributed by atoms with Crippen LogP contribution in [0.15, 0.2) is 65.8 Å². The fourth-order valence-electron chi connectivity index (χ4n) is 3.83. The van der Waals surface area contributed by atoms with E-state index in [9.17, 15) is 13.2 Å². The van der Waals surface area contributed by atoms with Gasteiger partial charge in [-0.3, -0.25) is 9.78 Å². The molecule has 2 aromatic carbocycles. The highest BCUT2D eigenvalue weighted by Gasteiger charge is 2.31. The average Bonchev–Trinajstić information content (AvgIpc) is 2.78. The predicted molar refractivity (Wildman–Crippen MR) is 130 cm³/mol. The van der Waals surface area contributed by atoms with Crippen molar-refractivity contribution in [2.45, 2.75) is 44.6 Å². The van der Waals surface area contributed by atoms with Crippen LogP contribution in [0.1, 0.15) is 42.5 Å². The van der Waals surface area contributed by atoms with E-state index in [1.54, 1.807) is 31.5 Å². The van der Waals surface area contributed by atoms with Crippen LogP contribution in [0.3, 0.4) is 0 Å². The zero-order valence-electron chi connectivity index (χ0n) is 18.8. The highest BCUT2D eigenvalue weighted by molar-refractivity contribution is 7.89. The summed E-state index contributed by atoms with van der Waals surface area (Å²) in [4.78, 5) is 15.3. The van der Waals surface area contributed by atoms with Crippen molar-refractivity contribution in [3.05, 3.63) is 82.6 Å². The van der Waals surface area contributed by atoms with Crippen molar-refractivity contribution < 1.29 is 18.3 Å². The van der Waals surface area contributed by atoms with Crippen LogP contribution in [0.2, 0.25) is 5.02 Å². The second kappa shape index (κ2) is 10.5. The van der Waals surface area contributed by atoms with Gasteiger partial charge in [-0.15, -0.1) is 0 Å². The molecule has 0 fully saturated rings. The summed E-state index contributed by atoms with van der Waals surface area (Å²) in [6.07, 6.45) is 3.59. The molecule has 0 aliphatic heterocycles. The molecule has 0 spiro atoms. The minimum Gasteiger partial charge on any atom is -0.481 e. The number of hydrogen-bond acceptors (Lipinski definition) is 4. The fraction of sp³-hybridized carbons (Fsp3) is 0.280. The number of pyridine rings is 1. The minimum absolute atomic E-state index is 0.0697. The van der Waals surface area contributed by atoms with Crippen LogP contribution in [-0.4, -0.2) is 35.3 Å². The van der Waals surface area contributed by atoms with E-state index in [-0.39, 0.29) is 24.3 Å². The van der Waals surface area contributed by atoms with Crippen molar-refractivity contribution in [1.82, 2.24) is 9.29 Å². The number of carboxylic acids is 1. The number of nitrogens with zero attached hydrogens (tertiary/aromatic N) is 2. The molecule has 0 aliphatic carbocycles. The standard InChI is InChI=1S/C25H27ClN2O4S/c1-17-16-27-13-12-22(17)21-8-4-7-20(15-21)19(3)28(14-6-11-25(29)30)33(31,32)24-10-5-9-23(26)18(24)2/h4-5,7-10,12-13,15-16,19H,6,11,14H2,1-3H3,(H,29,30)/t19-/m1/s1. The van der Waals surface area contributed by atoms with Gasteiger partial charge in [-0.25, -0.2) is 8.42 Å². The van der Waals surface area contributed by atoms with Gasteiger partial charge in [0, 0.05) is 36.4 Å². The molecule has 0 bridgehead atoms. The summed E-state index contributed by atoms with van der Waals surface area (Å²) >= 11 is 6.20. The van der Waals surface area contributed by atoms with Gasteiger partial charge in [0.25, 0.3) is 0 Å². The maximum atomic E-state index is 13.7. The monoisotopic (exact) mass is 486 g/mol. The van der Waals surface area contributed by atoms with Crippen molar-refractivity contribution in [1.29, 1.82) is 0 Å². The van der Waals surface area contributed by atoms with Gasteiger partial charge in [0.05, 0.1) is 4.90 Å². The van der Waals surface area contributed by atoms with Gasteiger partial charge in [0.15, 0.2) is 0 Å². The highest BCUT2D eigenvalue weighted by Crippen LogP contribution is 2.33. The van der Waals surface area contributed by atoms with E-state index in [1.807, 2.05) is 44.2 Å². The molecule has 0 unspecified atom stereocenters. The zero-order chi connectivity index (χ0) is 24.2. The smallest absolute Gasteiger partial charge is 0.303 e. The van der Waals surface area contributed by atoms with Crippen LogP contribution in [0.5, 0.6) is 0 Å². The van der Waals surface area contributed by atoms with Gasteiger partial charge < -0.3 is 5.11 Å². The molecule has 0 aliphatic rings. The first kappa shape index (κ1) is 24.9. The molecular formula is C25H27ClN2O4S. The normalized spacial score (nSPS) is 12.6. The molecule has 0 saturated heterocycles. The van der Waals surface area contributed by atoms with Crippen LogP contribution >= 0.6 is 11.6 Å². The largest absolute Gasteiger partial charge is 0.481 e. The Bertz CT molecular complexity index is 1260. The van der Waals surface area contributed by atoms with Gasteiger partial charge in [0.1, 0.15) is 0 Å². The van der Waals surface area contributed by atoms with Gasteiger partial charge in [-0.2, -0.15) is 4.31 Å². The van der Waals surface area contributed by atoms with Gasteiger partial charge in [-0.1, -0.05) is 35.9 Å². The molecule has 3 aromatic rings. The summed E-state index contributed by atoms with van der Waals surface area (Å²) in [7, 11) is -3.94. The third-order valence-electron chi connectivity index (χ3n) is 5.71. The second-order valence-corrected chi connectivity index (χ2v) is 10.2. The van der Waals surface area contributed by atoms with Gasteiger partial charge >= 0.3 is 5.97 Å². The number of rotatable bonds is 9. The van der Waals surface area contributed by atoms with Crippen LogP contribution in [0.25, 0.3) is 11.1 Å². The van der Waals surface area contributed by atoms with E-state index < -0.39 is 22.0 Å². The fourth-order valence-corrected chi connectivity index (χ4v) is 5.97. The van der Waals surface area contributed by atoms with E-state index >= 15 is 0 Å². The van der Waals surface area contributed by atoms with Crippen molar-refractivity contribution in [2.24, 2.45) is 0 Å². The number of halogens is 1. The van der Waals surface area contributed by atoms with Crippen LogP contribution in [0.4, 0.5) is 0 Å². The van der Waals surface area contributed by atoms with E-state index in [2.05, 4.69) is 4.98 Å². The number of benzene rings is 2. The quantitative estimate of drug-likeness (QED) is 0.423. The van der Waals surface area contributed by atoms with Crippen molar-refractivity contribution in [3.8, 4) is 11.1 Å². The van der Waals surface area contributed by atoms with Crippen molar-refractivity contribution in [3.63, 3.8) is 0 Å². The molecule has 33 heavy (non-hydrogen) atoms. The first-order valence-electron chi connectivity index (χ1n) is 10.6. The van der Waals surface area contributed by atoms with Crippen molar-refractivity contribution in [2.75, 3.05) is 6.54 Å². The molecular weight excluding hydrogens is 460 g/mol. The van der Waals surface area contributed by atoms with Gasteiger partial charge in [0.2, 0.25) is 10.0 Å². The Labute approximate surface area is 199 Å². The first-order valence-corrected chi connectivity index (χ1v) is 12.4. The molecule has 1 atom stereocenters. The summed E-state index contributed by atoms with van der Waals surface area (Å²) < 4.78 is 28.8. The number of aryl methyl sites for hydroxylation is 1. The Balaban J connectivity index is 2.04. The molecule has 6 nitrogen and oxygen atoms in total. The SMILES string of the molecule is Cc1cnccc1-c1cccc([C@@H](C)N(CCCC(=O)O)S(=O)(=O)c2cccc(Cl)c2C)c1. The number of carbonyl (C=O) groups is 1. The zero-order valence-corrected chi connectivity index (χ0v) is 20.4. The van der Waals surface area contributed by atoms with Crippen LogP contribution in [-0.2, 0) is 14.8 Å². The molecule has 0 amide bonds. The average molecular weight is 487 g/mol. The lowest BCUT2D eigenvalue weighted by Gasteiger charge is -2.29. The predicted octanol–water partition coefficient (Wildman–Crippen LogP) is 5.64. The van der Waals surface area contributed by atoms with Crippen molar-refractivity contribution >= 4 is 27.6 Å². The summed E-state index contributed by atoms with van der Waals surface area (Å²) in [6.45, 7) is 5.53. The Hall–Kier alpha value is -2.74. The molecule has 1 heterocycles. The topological polar surface area (TPSA) is 87.6 Å². The number of carboxylic acid groups (broad SMARTS) is 1. The Morgan fingerprint density at radius 2 is 1.88 bits per heavy atom. The summed E-state index contributed by atoms with van der Waals surface area (Å²) in [5.41, 5.74) is 4.27. The summed E-state index contributed by atoms with van der Waals surface area (Å²) in [5.74, 6) is -0.964. The van der Waals surface area contributed by atoms with Crippen LogP contribution < -0.4 is 0 Å². The van der Waals surface area contributed by atoms with E-state index in [1.165, 1.54) is 10.4 Å². The molecule has 3 rings (SSSR count). The molecule has 8 heteroatoms.